The lowest BCUT2D eigenvalue weighted by Crippen LogP contribution is -2.42. The molecule has 0 atom stereocenters. The monoisotopic (exact) mass is 669 g/mol. The lowest BCUT2D eigenvalue weighted by Gasteiger charge is -2.33. The van der Waals surface area contributed by atoms with Crippen LogP contribution < -0.4 is 10.6 Å². The van der Waals surface area contributed by atoms with Crippen LogP contribution in [0.3, 0.4) is 0 Å². The molecule has 0 radical (unpaired) electrons. The molecule has 1 saturated heterocycles. The number of thiophene rings is 1. The first-order valence-electron chi connectivity index (χ1n) is 14.6. The highest BCUT2D eigenvalue weighted by molar-refractivity contribution is 8.24. The number of amides is 2. The summed E-state index contributed by atoms with van der Waals surface area (Å²) in [6.45, 7) is 6.50. The number of anilines is 2. The van der Waals surface area contributed by atoms with Gasteiger partial charge in [-0.3, -0.25) is 18.6 Å². The zero-order valence-corrected chi connectivity index (χ0v) is 26.5. The molecule has 17 heteroatoms. The molecular weight excluding hydrogens is 635 g/mol. The summed E-state index contributed by atoms with van der Waals surface area (Å²) in [5, 5.41) is 10.4. The second kappa shape index (κ2) is 11.4. The highest BCUT2D eigenvalue weighted by Gasteiger charge is 2.38. The van der Waals surface area contributed by atoms with Crippen molar-refractivity contribution in [2.45, 2.75) is 75.1 Å². The highest BCUT2D eigenvalue weighted by Crippen LogP contribution is 2.54. The van der Waals surface area contributed by atoms with E-state index in [1.807, 2.05) is 25.5 Å². The minimum absolute atomic E-state index is 0.00761. The van der Waals surface area contributed by atoms with Crippen molar-refractivity contribution in [3.63, 3.8) is 0 Å². The van der Waals surface area contributed by atoms with Gasteiger partial charge < -0.3 is 20.3 Å². The number of piperidine rings is 1. The van der Waals surface area contributed by atoms with E-state index in [-0.39, 0.29) is 50.9 Å². The molecule has 45 heavy (non-hydrogen) atoms. The number of likely N-dealkylation sites (tertiary alicyclic amines) is 1. The van der Waals surface area contributed by atoms with Crippen molar-refractivity contribution in [3.05, 3.63) is 34.6 Å². The molecule has 6 rings (SSSR count). The first-order valence-corrected chi connectivity index (χ1v) is 17.1. The van der Waals surface area contributed by atoms with Crippen LogP contribution in [0, 0.1) is 0 Å². The van der Waals surface area contributed by atoms with Crippen LogP contribution in [-0.2, 0) is 10.9 Å². The number of hydrogen-bond acceptors (Lipinski definition) is 10. The molecule has 2 amide bonds. The maximum atomic E-state index is 14.1. The topological polar surface area (TPSA) is 155 Å². The fraction of sp³-hybridized carbons (Fsp3) is 0.536. The number of halogens is 3. The zero-order chi connectivity index (χ0) is 32.3. The summed E-state index contributed by atoms with van der Waals surface area (Å²) in [6, 6.07) is 1.21. The average molecular weight is 670 g/mol. The van der Waals surface area contributed by atoms with E-state index in [2.05, 4.69) is 20.6 Å². The van der Waals surface area contributed by atoms with E-state index >= 15 is 0 Å². The predicted octanol–water partition coefficient (Wildman–Crippen LogP) is 6.47. The van der Waals surface area contributed by atoms with Crippen LogP contribution in [-0.4, -0.2) is 76.7 Å². The molecule has 1 aliphatic carbocycles. The van der Waals surface area contributed by atoms with Crippen molar-refractivity contribution >= 4 is 45.6 Å². The Morgan fingerprint density at radius 2 is 1.89 bits per heavy atom. The van der Waals surface area contributed by atoms with Crippen LogP contribution in [0.15, 0.2) is 23.4 Å². The number of alkyl halides is 3. The van der Waals surface area contributed by atoms with Crippen molar-refractivity contribution < 1.29 is 36.6 Å². The summed E-state index contributed by atoms with van der Waals surface area (Å²) in [4.78, 5) is 34.7. The van der Waals surface area contributed by atoms with Gasteiger partial charge >= 0.3 is 12.3 Å². The van der Waals surface area contributed by atoms with Gasteiger partial charge in [-0.1, -0.05) is 0 Å². The average Bonchev–Trinajstić information content (AvgIpc) is 3.56. The first kappa shape index (κ1) is 31.6. The SMILES string of the molecule is CC(C)(C)OC(=O)N1CCC(n2cc(Nc3ncc(C(F)(F)F)c(-c4cc5c(s4)C(=O)NCCS5(O)O)n3)c(C3CC3)n2)CC1. The quantitative estimate of drug-likeness (QED) is 0.239. The normalized spacial score (nSPS) is 19.8. The predicted molar refractivity (Wildman–Crippen MR) is 162 cm³/mol. The summed E-state index contributed by atoms with van der Waals surface area (Å²) in [6.07, 6.45) is 0.482. The maximum Gasteiger partial charge on any atom is 0.420 e. The molecule has 0 aromatic carbocycles. The Hall–Kier alpha value is -3.41. The second-order valence-corrected chi connectivity index (χ2v) is 15.6. The van der Waals surface area contributed by atoms with Crippen LogP contribution >= 0.6 is 21.9 Å². The van der Waals surface area contributed by atoms with E-state index < -0.39 is 39.5 Å². The van der Waals surface area contributed by atoms with Gasteiger partial charge in [-0.25, -0.2) is 14.8 Å². The molecule has 0 spiro atoms. The van der Waals surface area contributed by atoms with E-state index in [0.29, 0.717) is 37.8 Å². The Morgan fingerprint density at radius 1 is 1.18 bits per heavy atom. The third-order valence-electron chi connectivity index (χ3n) is 7.72. The van der Waals surface area contributed by atoms with E-state index in [9.17, 15) is 31.9 Å². The lowest BCUT2D eigenvalue weighted by atomic mass is 10.1. The number of hydrogen-bond donors (Lipinski definition) is 4. The fourth-order valence-electron chi connectivity index (χ4n) is 5.33. The molecule has 3 aromatic heterocycles. The second-order valence-electron chi connectivity index (χ2n) is 12.4. The molecule has 3 aliphatic rings. The number of nitrogens with zero attached hydrogens (tertiary/aromatic N) is 5. The van der Waals surface area contributed by atoms with Crippen molar-refractivity contribution in [2.24, 2.45) is 0 Å². The molecule has 4 N–H and O–H groups in total. The number of rotatable bonds is 5. The smallest absolute Gasteiger partial charge is 0.420 e. The minimum Gasteiger partial charge on any atom is -0.444 e. The van der Waals surface area contributed by atoms with Gasteiger partial charge in [0.2, 0.25) is 5.95 Å². The Morgan fingerprint density at radius 3 is 2.53 bits per heavy atom. The molecule has 2 fully saturated rings. The van der Waals surface area contributed by atoms with Gasteiger partial charge in [0.25, 0.3) is 5.91 Å². The van der Waals surface area contributed by atoms with Gasteiger partial charge in [0.15, 0.2) is 0 Å². The fourth-order valence-corrected chi connectivity index (χ4v) is 8.21. The summed E-state index contributed by atoms with van der Waals surface area (Å²) in [7, 11) is -3.39. The third kappa shape index (κ3) is 6.76. The largest absolute Gasteiger partial charge is 0.444 e. The summed E-state index contributed by atoms with van der Waals surface area (Å²) >= 11 is 0.721. The Labute approximate surface area is 262 Å². The number of carbonyl (C=O) groups is 2. The molecule has 0 bridgehead atoms. The lowest BCUT2D eigenvalue weighted by molar-refractivity contribution is -0.137. The van der Waals surface area contributed by atoms with Crippen LogP contribution in [0.2, 0.25) is 0 Å². The van der Waals surface area contributed by atoms with Crippen LogP contribution in [0.4, 0.5) is 29.6 Å². The van der Waals surface area contributed by atoms with Gasteiger partial charge in [0.1, 0.15) is 16.0 Å². The standard InChI is InChI=1S/C28H34F3N7O5S2/c1-27(2,3)43-26(40)37-9-6-16(7-10-37)38-14-18(21(36-38)15-4-5-15)34-25-33-13-17(28(29,30)31)22(35-25)19-12-20-23(44-19)24(39)32-8-11-45(20,41)42/h12-16,41-42H,4-11H2,1-3H3,(H,32,39)(H,33,34,35). The number of aromatic nitrogens is 4. The first-order chi connectivity index (χ1) is 21.1. The molecular formula is C28H34F3N7O5S2. The van der Waals surface area contributed by atoms with Crippen LogP contribution in [0.25, 0.3) is 10.6 Å². The summed E-state index contributed by atoms with van der Waals surface area (Å²) in [5.41, 5.74) is -0.834. The van der Waals surface area contributed by atoms with Gasteiger partial charge in [-0.05, 0) is 52.5 Å². The Bertz CT molecular complexity index is 1620. The van der Waals surface area contributed by atoms with Crippen molar-refractivity contribution in [3.8, 4) is 10.6 Å². The minimum atomic E-state index is -4.81. The third-order valence-corrected chi connectivity index (χ3v) is 10.8. The van der Waals surface area contributed by atoms with E-state index in [1.165, 1.54) is 6.07 Å². The van der Waals surface area contributed by atoms with Crippen molar-refractivity contribution in [1.29, 1.82) is 0 Å². The summed E-state index contributed by atoms with van der Waals surface area (Å²) in [5.74, 6) is -0.628. The molecule has 5 heterocycles. The Kier molecular flexibility index (Phi) is 8.02. The number of nitrogens with one attached hydrogen (secondary N) is 2. The maximum absolute atomic E-state index is 14.1. The van der Waals surface area contributed by atoms with Gasteiger partial charge in [0, 0.05) is 37.9 Å². The number of carbonyl (C=O) groups excluding carboxylic acids is 2. The van der Waals surface area contributed by atoms with Crippen molar-refractivity contribution in [2.75, 3.05) is 30.7 Å². The van der Waals surface area contributed by atoms with Gasteiger partial charge in [-0.2, -0.15) is 28.9 Å². The Balaban J connectivity index is 1.27. The van der Waals surface area contributed by atoms with E-state index in [4.69, 9.17) is 9.84 Å². The van der Waals surface area contributed by atoms with Gasteiger partial charge in [0.05, 0.1) is 38.6 Å². The number of ether oxygens (including phenoxy) is 1. The molecule has 2 aliphatic heterocycles. The highest BCUT2D eigenvalue weighted by atomic mass is 32.3. The number of fused-ring (bicyclic) bond motifs is 1. The van der Waals surface area contributed by atoms with Gasteiger partial charge in [-0.15, -0.1) is 11.3 Å². The molecule has 1 saturated carbocycles. The summed E-state index contributed by atoms with van der Waals surface area (Å²) < 4.78 is 70.8. The molecule has 244 valence electrons. The molecule has 3 aromatic rings. The van der Waals surface area contributed by atoms with Crippen LogP contribution in [0.1, 0.15) is 79.3 Å². The van der Waals surface area contributed by atoms with Crippen molar-refractivity contribution in [1.82, 2.24) is 30.0 Å². The van der Waals surface area contributed by atoms with E-state index in [0.717, 1.165) is 29.9 Å². The molecule has 0 unspecified atom stereocenters. The van der Waals surface area contributed by atoms with E-state index in [1.54, 1.807) is 11.1 Å². The van der Waals surface area contributed by atoms with Crippen LogP contribution in [0.5, 0.6) is 0 Å². The zero-order valence-electron chi connectivity index (χ0n) is 24.8. The molecule has 12 nitrogen and oxygen atoms in total.